The summed E-state index contributed by atoms with van der Waals surface area (Å²) in [6.07, 6.45) is 1.93. The SMILES string of the molecule is COCCN(C#N)CCO. The van der Waals surface area contributed by atoms with Crippen LogP contribution in [0.2, 0.25) is 0 Å². The third-order valence-corrected chi connectivity index (χ3v) is 1.08. The Morgan fingerprint density at radius 1 is 1.60 bits per heavy atom. The zero-order valence-corrected chi connectivity index (χ0v) is 6.08. The molecule has 0 amide bonds. The predicted octanol–water partition coefficient (Wildman–Crippen LogP) is -0.592. The Hall–Kier alpha value is -0.790. The van der Waals surface area contributed by atoms with E-state index in [0.717, 1.165) is 0 Å². The van der Waals surface area contributed by atoms with Crippen molar-refractivity contribution in [3.63, 3.8) is 0 Å². The zero-order chi connectivity index (χ0) is 7.82. The molecule has 0 aromatic rings. The second-order valence-corrected chi connectivity index (χ2v) is 1.80. The smallest absolute Gasteiger partial charge is 0.179 e. The molecule has 0 aliphatic rings. The van der Waals surface area contributed by atoms with Crippen molar-refractivity contribution in [2.45, 2.75) is 0 Å². The number of nitriles is 1. The van der Waals surface area contributed by atoms with Gasteiger partial charge >= 0.3 is 0 Å². The maximum Gasteiger partial charge on any atom is 0.179 e. The molecule has 0 aliphatic heterocycles. The topological polar surface area (TPSA) is 56.5 Å². The zero-order valence-electron chi connectivity index (χ0n) is 6.08. The lowest BCUT2D eigenvalue weighted by Crippen LogP contribution is -2.25. The molecule has 0 fully saturated rings. The molecule has 1 N–H and O–H groups in total. The van der Waals surface area contributed by atoms with Crippen LogP contribution >= 0.6 is 0 Å². The van der Waals surface area contributed by atoms with E-state index >= 15 is 0 Å². The predicted molar refractivity (Wildman–Crippen MR) is 36.1 cm³/mol. The summed E-state index contributed by atoms with van der Waals surface area (Å²) in [5.41, 5.74) is 0. The van der Waals surface area contributed by atoms with Gasteiger partial charge in [-0.25, -0.2) is 0 Å². The average Bonchev–Trinajstić information content (AvgIpc) is 1.98. The fourth-order valence-corrected chi connectivity index (χ4v) is 0.534. The third-order valence-electron chi connectivity index (χ3n) is 1.08. The number of hydrogen-bond acceptors (Lipinski definition) is 4. The Morgan fingerprint density at radius 3 is 2.70 bits per heavy atom. The van der Waals surface area contributed by atoms with Gasteiger partial charge in [-0.15, -0.1) is 0 Å². The number of aliphatic hydroxyl groups is 1. The molecule has 0 spiro atoms. The molecule has 0 bridgehead atoms. The molecule has 0 aromatic carbocycles. The van der Waals surface area contributed by atoms with E-state index in [9.17, 15) is 0 Å². The van der Waals surface area contributed by atoms with Gasteiger partial charge in [0, 0.05) is 7.11 Å². The maximum atomic E-state index is 8.43. The van der Waals surface area contributed by atoms with Gasteiger partial charge in [0.05, 0.1) is 26.3 Å². The summed E-state index contributed by atoms with van der Waals surface area (Å²) in [5, 5.41) is 16.8. The van der Waals surface area contributed by atoms with Crippen LogP contribution in [0.3, 0.4) is 0 Å². The second-order valence-electron chi connectivity index (χ2n) is 1.80. The minimum Gasteiger partial charge on any atom is -0.395 e. The molecule has 0 rings (SSSR count). The first-order valence-electron chi connectivity index (χ1n) is 3.09. The highest BCUT2D eigenvalue weighted by Gasteiger charge is 1.97. The normalized spacial score (nSPS) is 8.90. The number of rotatable bonds is 5. The van der Waals surface area contributed by atoms with Crippen molar-refractivity contribution in [3.8, 4) is 6.19 Å². The molecule has 0 heterocycles. The summed E-state index contributed by atoms with van der Waals surface area (Å²) in [4.78, 5) is 1.45. The van der Waals surface area contributed by atoms with Gasteiger partial charge in [0.2, 0.25) is 0 Å². The molecule has 0 saturated heterocycles. The van der Waals surface area contributed by atoms with Crippen molar-refractivity contribution in [2.75, 3.05) is 33.4 Å². The minimum absolute atomic E-state index is 0.0112. The monoisotopic (exact) mass is 144 g/mol. The van der Waals surface area contributed by atoms with Gasteiger partial charge in [0.25, 0.3) is 0 Å². The lowest BCUT2D eigenvalue weighted by atomic mass is 10.5. The van der Waals surface area contributed by atoms with Crippen molar-refractivity contribution in [2.24, 2.45) is 0 Å². The van der Waals surface area contributed by atoms with Crippen LogP contribution in [0, 0.1) is 11.5 Å². The van der Waals surface area contributed by atoms with E-state index in [-0.39, 0.29) is 6.61 Å². The van der Waals surface area contributed by atoms with Crippen molar-refractivity contribution >= 4 is 0 Å². The standard InChI is InChI=1S/C6H12N2O2/c1-10-5-3-8(6-7)2-4-9/h9H,2-5H2,1H3. The molecule has 0 radical (unpaired) electrons. The number of ether oxygens (including phenoxy) is 1. The maximum absolute atomic E-state index is 8.43. The summed E-state index contributed by atoms with van der Waals surface area (Å²) < 4.78 is 4.75. The van der Waals surface area contributed by atoms with E-state index in [2.05, 4.69) is 0 Å². The summed E-state index contributed by atoms with van der Waals surface area (Å²) >= 11 is 0. The van der Waals surface area contributed by atoms with Crippen LogP contribution in [0.5, 0.6) is 0 Å². The van der Waals surface area contributed by atoms with Crippen LogP contribution in [0.15, 0.2) is 0 Å². The third kappa shape index (κ3) is 4.13. The van der Waals surface area contributed by atoms with Crippen molar-refractivity contribution < 1.29 is 9.84 Å². The number of aliphatic hydroxyl groups excluding tert-OH is 1. The highest BCUT2D eigenvalue weighted by molar-refractivity contribution is 4.72. The first kappa shape index (κ1) is 9.21. The van der Waals surface area contributed by atoms with Gasteiger partial charge in [-0.2, -0.15) is 5.26 Å². The lowest BCUT2D eigenvalue weighted by molar-refractivity contribution is 0.160. The largest absolute Gasteiger partial charge is 0.395 e. The molecule has 0 aliphatic carbocycles. The van der Waals surface area contributed by atoms with E-state index in [4.69, 9.17) is 15.1 Å². The van der Waals surface area contributed by atoms with Crippen LogP contribution in [-0.4, -0.2) is 43.4 Å². The van der Waals surface area contributed by atoms with Crippen LogP contribution < -0.4 is 0 Å². The molecule has 0 saturated carbocycles. The van der Waals surface area contributed by atoms with E-state index in [0.29, 0.717) is 19.7 Å². The molecule has 58 valence electrons. The Labute approximate surface area is 60.6 Å². The molecular weight excluding hydrogens is 132 g/mol. The summed E-state index contributed by atoms with van der Waals surface area (Å²) in [6, 6.07) is 0. The highest BCUT2D eigenvalue weighted by atomic mass is 16.5. The molecular formula is C6H12N2O2. The quantitative estimate of drug-likeness (QED) is 0.414. The highest BCUT2D eigenvalue weighted by Crippen LogP contribution is 1.82. The first-order valence-corrected chi connectivity index (χ1v) is 3.09. The molecule has 4 heteroatoms. The summed E-state index contributed by atoms with van der Waals surface area (Å²) in [6.45, 7) is 1.47. The average molecular weight is 144 g/mol. The van der Waals surface area contributed by atoms with E-state index < -0.39 is 0 Å². The fraction of sp³-hybridized carbons (Fsp3) is 0.833. The number of methoxy groups -OCH3 is 1. The van der Waals surface area contributed by atoms with Gasteiger partial charge in [-0.05, 0) is 0 Å². The number of nitrogens with zero attached hydrogens (tertiary/aromatic N) is 2. The molecule has 4 nitrogen and oxygen atoms in total. The molecule has 0 unspecified atom stereocenters. The fourth-order valence-electron chi connectivity index (χ4n) is 0.534. The minimum atomic E-state index is 0.0112. The Balaban J connectivity index is 3.33. The Bertz CT molecular complexity index is 111. The van der Waals surface area contributed by atoms with Crippen LogP contribution in [0.1, 0.15) is 0 Å². The van der Waals surface area contributed by atoms with Crippen LogP contribution in [-0.2, 0) is 4.74 Å². The molecule has 10 heavy (non-hydrogen) atoms. The van der Waals surface area contributed by atoms with E-state index in [1.807, 2.05) is 6.19 Å². The van der Waals surface area contributed by atoms with Gasteiger partial charge in [0.1, 0.15) is 0 Å². The Kier molecular flexibility index (Phi) is 5.83. The van der Waals surface area contributed by atoms with Crippen LogP contribution in [0.25, 0.3) is 0 Å². The summed E-state index contributed by atoms with van der Waals surface area (Å²) in [7, 11) is 1.58. The second kappa shape index (κ2) is 6.33. The van der Waals surface area contributed by atoms with Gasteiger partial charge in [-0.3, -0.25) is 0 Å². The molecule has 0 aromatic heterocycles. The van der Waals surface area contributed by atoms with E-state index in [1.54, 1.807) is 7.11 Å². The lowest BCUT2D eigenvalue weighted by Gasteiger charge is -2.11. The van der Waals surface area contributed by atoms with Crippen LogP contribution in [0.4, 0.5) is 0 Å². The van der Waals surface area contributed by atoms with Crippen molar-refractivity contribution in [1.29, 1.82) is 5.26 Å². The Morgan fingerprint density at radius 2 is 2.30 bits per heavy atom. The van der Waals surface area contributed by atoms with Crippen molar-refractivity contribution in [1.82, 2.24) is 4.90 Å². The van der Waals surface area contributed by atoms with Gasteiger partial charge in [0.15, 0.2) is 6.19 Å². The number of hydrogen-bond donors (Lipinski definition) is 1. The van der Waals surface area contributed by atoms with Gasteiger partial charge in [-0.1, -0.05) is 0 Å². The van der Waals surface area contributed by atoms with E-state index in [1.165, 1.54) is 4.90 Å². The first-order chi connectivity index (χ1) is 4.85. The van der Waals surface area contributed by atoms with Gasteiger partial charge < -0.3 is 14.7 Å². The van der Waals surface area contributed by atoms with Crippen molar-refractivity contribution in [3.05, 3.63) is 0 Å². The summed E-state index contributed by atoms with van der Waals surface area (Å²) in [5.74, 6) is 0. The molecule has 0 atom stereocenters.